The standard InChI is InChI=1S/C28H24Cl4N4O3S/c1-17-4-7-25(8-5-17)40(38,39)35(24-12-21(29)11-22(30)13-24)16-28(37)34-33-15-20-10-18(2)36(19(20)3)23-6-9-26(31)27(32)14-23/h4-15H,16H2,1-3H3,(H,34,37)/b33-15-. The molecule has 1 heterocycles. The molecule has 4 rings (SSSR count). The summed E-state index contributed by atoms with van der Waals surface area (Å²) in [7, 11) is -4.14. The second-order valence-electron chi connectivity index (χ2n) is 9.01. The van der Waals surface area contributed by atoms with E-state index in [0.717, 1.165) is 32.5 Å². The zero-order valence-corrected chi connectivity index (χ0v) is 25.5. The van der Waals surface area contributed by atoms with Gasteiger partial charge in [0.15, 0.2) is 0 Å². The van der Waals surface area contributed by atoms with E-state index in [-0.39, 0.29) is 20.6 Å². The zero-order chi connectivity index (χ0) is 29.2. The highest BCUT2D eigenvalue weighted by molar-refractivity contribution is 7.92. The van der Waals surface area contributed by atoms with E-state index in [0.29, 0.717) is 10.0 Å². The van der Waals surface area contributed by atoms with Gasteiger partial charge in [-0.25, -0.2) is 13.8 Å². The van der Waals surface area contributed by atoms with Crippen molar-refractivity contribution in [3.8, 4) is 5.69 Å². The van der Waals surface area contributed by atoms with Crippen LogP contribution >= 0.6 is 46.4 Å². The predicted octanol–water partition coefficient (Wildman–Crippen LogP) is 7.36. The number of benzene rings is 3. The molecule has 0 aliphatic rings. The first-order valence-corrected chi connectivity index (χ1v) is 14.8. The highest BCUT2D eigenvalue weighted by atomic mass is 35.5. The van der Waals surface area contributed by atoms with Gasteiger partial charge in [-0.1, -0.05) is 64.1 Å². The zero-order valence-electron chi connectivity index (χ0n) is 21.6. The molecule has 4 aromatic rings. The molecule has 0 atom stereocenters. The molecule has 0 saturated heterocycles. The lowest BCUT2D eigenvalue weighted by atomic mass is 10.2. The Bertz CT molecular complexity index is 1700. The fourth-order valence-corrected chi connectivity index (χ4v) is 6.33. The SMILES string of the molecule is Cc1ccc(S(=O)(=O)N(CC(=O)N/N=C\c2cc(C)n(-c3ccc(Cl)c(Cl)c3)c2C)c2cc(Cl)cc(Cl)c2)cc1. The third-order valence-electron chi connectivity index (χ3n) is 6.06. The van der Waals surface area contributed by atoms with Gasteiger partial charge in [-0.15, -0.1) is 0 Å². The van der Waals surface area contributed by atoms with E-state index >= 15 is 0 Å². The number of nitrogens with zero attached hydrogens (tertiary/aromatic N) is 3. The number of anilines is 1. The van der Waals surface area contributed by atoms with Crippen molar-refractivity contribution in [3.63, 3.8) is 0 Å². The number of hydrogen-bond acceptors (Lipinski definition) is 4. The molecular weight excluding hydrogens is 614 g/mol. The number of hydrogen-bond donors (Lipinski definition) is 1. The average Bonchev–Trinajstić information content (AvgIpc) is 3.16. The van der Waals surface area contributed by atoms with Crippen molar-refractivity contribution in [2.45, 2.75) is 25.7 Å². The lowest BCUT2D eigenvalue weighted by Gasteiger charge is -2.24. The maximum absolute atomic E-state index is 13.6. The average molecular weight is 638 g/mol. The number of carbonyl (C=O) groups excluding carboxylic acids is 1. The van der Waals surface area contributed by atoms with Gasteiger partial charge in [0.2, 0.25) is 0 Å². The first kappa shape index (κ1) is 30.0. The Morgan fingerprint density at radius 2 is 1.55 bits per heavy atom. The van der Waals surface area contributed by atoms with Crippen LogP contribution in [0.5, 0.6) is 0 Å². The number of aromatic nitrogens is 1. The van der Waals surface area contributed by atoms with E-state index in [1.165, 1.54) is 36.5 Å². The molecule has 208 valence electrons. The Morgan fingerprint density at radius 1 is 0.900 bits per heavy atom. The van der Waals surface area contributed by atoms with Crippen molar-refractivity contribution in [3.05, 3.63) is 109 Å². The maximum atomic E-state index is 13.6. The Morgan fingerprint density at radius 3 is 2.17 bits per heavy atom. The van der Waals surface area contributed by atoms with E-state index < -0.39 is 22.5 Å². The van der Waals surface area contributed by atoms with Crippen molar-refractivity contribution in [2.24, 2.45) is 5.10 Å². The van der Waals surface area contributed by atoms with Crippen LogP contribution in [0.4, 0.5) is 5.69 Å². The molecule has 0 saturated carbocycles. The minimum atomic E-state index is -4.14. The number of halogens is 4. The fraction of sp³-hybridized carbons (Fsp3) is 0.143. The summed E-state index contributed by atoms with van der Waals surface area (Å²) < 4.78 is 30.0. The first-order chi connectivity index (χ1) is 18.9. The molecule has 12 heteroatoms. The summed E-state index contributed by atoms with van der Waals surface area (Å²) in [6, 6.07) is 17.9. The van der Waals surface area contributed by atoms with Crippen LogP contribution in [0.15, 0.2) is 76.7 Å². The van der Waals surface area contributed by atoms with Crippen LogP contribution in [-0.2, 0) is 14.8 Å². The number of sulfonamides is 1. The molecule has 0 unspecified atom stereocenters. The summed E-state index contributed by atoms with van der Waals surface area (Å²) in [4.78, 5) is 13.0. The lowest BCUT2D eigenvalue weighted by molar-refractivity contribution is -0.119. The monoisotopic (exact) mass is 636 g/mol. The van der Waals surface area contributed by atoms with Crippen molar-refractivity contribution >= 4 is 74.2 Å². The summed E-state index contributed by atoms with van der Waals surface area (Å²) in [5.41, 5.74) is 6.78. The van der Waals surface area contributed by atoms with Gasteiger partial charge < -0.3 is 4.57 Å². The van der Waals surface area contributed by atoms with Crippen molar-refractivity contribution in [2.75, 3.05) is 10.8 Å². The van der Waals surface area contributed by atoms with E-state index in [2.05, 4.69) is 10.5 Å². The molecule has 7 nitrogen and oxygen atoms in total. The molecular formula is C28H24Cl4N4O3S. The minimum Gasteiger partial charge on any atom is -0.318 e. The number of amides is 1. The minimum absolute atomic E-state index is 0.0141. The van der Waals surface area contributed by atoms with E-state index in [9.17, 15) is 13.2 Å². The second-order valence-corrected chi connectivity index (χ2v) is 12.6. The highest BCUT2D eigenvalue weighted by Gasteiger charge is 2.28. The topological polar surface area (TPSA) is 83.8 Å². The maximum Gasteiger partial charge on any atom is 0.264 e. The van der Waals surface area contributed by atoms with Crippen molar-refractivity contribution < 1.29 is 13.2 Å². The van der Waals surface area contributed by atoms with Gasteiger partial charge in [-0.2, -0.15) is 5.10 Å². The molecule has 3 aromatic carbocycles. The molecule has 40 heavy (non-hydrogen) atoms. The van der Waals surface area contributed by atoms with Gasteiger partial charge in [0, 0.05) is 32.7 Å². The van der Waals surface area contributed by atoms with Gasteiger partial charge >= 0.3 is 0 Å². The predicted molar refractivity (Wildman–Crippen MR) is 163 cm³/mol. The fourth-order valence-electron chi connectivity index (χ4n) is 4.12. The summed E-state index contributed by atoms with van der Waals surface area (Å²) in [5, 5.41) is 5.41. The highest BCUT2D eigenvalue weighted by Crippen LogP contribution is 2.30. The molecule has 1 amide bonds. The smallest absolute Gasteiger partial charge is 0.264 e. The lowest BCUT2D eigenvalue weighted by Crippen LogP contribution is -2.39. The van der Waals surface area contributed by atoms with E-state index in [4.69, 9.17) is 46.4 Å². The summed E-state index contributed by atoms with van der Waals surface area (Å²) in [6.07, 6.45) is 1.49. The Labute approximate surface area is 253 Å². The number of carbonyl (C=O) groups is 1. The van der Waals surface area contributed by atoms with E-state index in [1.807, 2.05) is 37.5 Å². The third kappa shape index (κ3) is 6.65. The van der Waals surface area contributed by atoms with Gasteiger partial charge in [0.1, 0.15) is 6.54 Å². The molecule has 0 aliphatic heterocycles. The Balaban J connectivity index is 1.58. The van der Waals surface area contributed by atoms with Gasteiger partial charge in [-0.3, -0.25) is 9.10 Å². The number of rotatable bonds is 8. The molecule has 0 bridgehead atoms. The Hall–Kier alpha value is -3.01. The van der Waals surface area contributed by atoms with Crippen LogP contribution in [0.3, 0.4) is 0 Å². The molecule has 1 aromatic heterocycles. The second kappa shape index (κ2) is 12.2. The first-order valence-electron chi connectivity index (χ1n) is 11.9. The third-order valence-corrected chi connectivity index (χ3v) is 9.02. The normalized spacial score (nSPS) is 11.7. The summed E-state index contributed by atoms with van der Waals surface area (Å²) in [5.74, 6) is -0.665. The Kier molecular flexibility index (Phi) is 9.17. The number of nitrogens with one attached hydrogen (secondary N) is 1. The van der Waals surface area contributed by atoms with Crippen LogP contribution in [0.2, 0.25) is 20.1 Å². The van der Waals surface area contributed by atoms with Gasteiger partial charge in [-0.05, 0) is 75.4 Å². The molecule has 0 aliphatic carbocycles. The van der Waals surface area contributed by atoms with Crippen LogP contribution in [0.25, 0.3) is 5.69 Å². The molecule has 0 fully saturated rings. The molecule has 0 spiro atoms. The van der Waals surface area contributed by atoms with Crippen LogP contribution < -0.4 is 9.73 Å². The molecule has 1 N–H and O–H groups in total. The van der Waals surface area contributed by atoms with Gasteiger partial charge in [0.05, 0.1) is 26.8 Å². The van der Waals surface area contributed by atoms with Crippen LogP contribution in [0, 0.1) is 20.8 Å². The van der Waals surface area contributed by atoms with Crippen LogP contribution in [-0.4, -0.2) is 31.7 Å². The van der Waals surface area contributed by atoms with Crippen LogP contribution in [0.1, 0.15) is 22.5 Å². The van der Waals surface area contributed by atoms with Crippen molar-refractivity contribution in [1.82, 2.24) is 9.99 Å². The van der Waals surface area contributed by atoms with E-state index in [1.54, 1.807) is 24.3 Å². The van der Waals surface area contributed by atoms with Gasteiger partial charge in [0.25, 0.3) is 15.9 Å². The molecule has 0 radical (unpaired) electrons. The summed E-state index contributed by atoms with van der Waals surface area (Å²) >= 11 is 24.5. The largest absolute Gasteiger partial charge is 0.318 e. The number of hydrazone groups is 1. The quantitative estimate of drug-likeness (QED) is 0.162. The summed E-state index contributed by atoms with van der Waals surface area (Å²) in [6.45, 7) is 5.11. The van der Waals surface area contributed by atoms with Crippen molar-refractivity contribution in [1.29, 1.82) is 0 Å². The number of aryl methyl sites for hydroxylation is 2.